The topological polar surface area (TPSA) is 103 Å². The fourth-order valence-electron chi connectivity index (χ4n) is 6.95. The van der Waals surface area contributed by atoms with Crippen molar-refractivity contribution in [2.45, 2.75) is 16.1 Å². The summed E-state index contributed by atoms with van der Waals surface area (Å²) >= 11 is 7.46. The number of para-hydroxylation sites is 1. The number of halogens is 2. The minimum Gasteiger partial charge on any atom is -0.497 e. The Morgan fingerprint density at radius 3 is 2.16 bits per heavy atom. The summed E-state index contributed by atoms with van der Waals surface area (Å²) in [6, 6.07) is 22.5. The molecule has 4 aromatic rings. The first kappa shape index (κ1) is 28.9. The van der Waals surface area contributed by atoms with Crippen molar-refractivity contribution < 1.29 is 28.7 Å². The number of aromatic nitrogens is 1. The molecule has 8 nitrogen and oxygen atoms in total. The van der Waals surface area contributed by atoms with Crippen molar-refractivity contribution in [3.8, 4) is 17.0 Å². The number of hydrogen-bond donors (Lipinski definition) is 0. The van der Waals surface area contributed by atoms with Crippen LogP contribution in [0.1, 0.15) is 27.1 Å². The number of methoxy groups -OCH3 is 1. The Morgan fingerprint density at radius 1 is 0.886 bits per heavy atom. The number of ether oxygens (including phenoxy) is 2. The van der Waals surface area contributed by atoms with Crippen LogP contribution in [-0.4, -0.2) is 51.9 Å². The molecule has 222 valence electrons. The van der Waals surface area contributed by atoms with Gasteiger partial charge in [-0.15, -0.1) is 0 Å². The van der Waals surface area contributed by atoms with Gasteiger partial charge >= 0.3 is 5.97 Å². The fourth-order valence-corrected chi connectivity index (χ4v) is 8.82. The van der Waals surface area contributed by atoms with E-state index in [1.165, 1.54) is 4.90 Å². The Balaban J connectivity index is 1.13. The third kappa shape index (κ3) is 4.66. The van der Waals surface area contributed by atoms with Gasteiger partial charge in [0.15, 0.2) is 12.4 Å². The molecule has 2 aliphatic carbocycles. The number of nitrogens with zero attached hydrogens (tertiary/aromatic N) is 2. The third-order valence-corrected chi connectivity index (χ3v) is 12.3. The molecule has 1 saturated heterocycles. The van der Waals surface area contributed by atoms with Gasteiger partial charge in [0.25, 0.3) is 0 Å². The van der Waals surface area contributed by atoms with Crippen molar-refractivity contribution in [1.29, 1.82) is 0 Å². The predicted molar refractivity (Wildman–Crippen MR) is 171 cm³/mol. The van der Waals surface area contributed by atoms with E-state index in [4.69, 9.17) is 14.5 Å². The van der Waals surface area contributed by atoms with Gasteiger partial charge in [-0.05, 0) is 66.8 Å². The summed E-state index contributed by atoms with van der Waals surface area (Å²) in [5, 5.41) is 0.597. The zero-order valence-electron chi connectivity index (χ0n) is 23.5. The maximum absolute atomic E-state index is 13.5. The lowest BCUT2D eigenvalue weighted by atomic mass is 9.81. The Labute approximate surface area is 270 Å². The molecule has 3 fully saturated rings. The zero-order chi connectivity index (χ0) is 30.7. The van der Waals surface area contributed by atoms with Crippen LogP contribution in [0.25, 0.3) is 22.2 Å². The molecule has 6 atom stereocenters. The number of fused-ring (bicyclic) bond motifs is 6. The van der Waals surface area contributed by atoms with Gasteiger partial charge in [-0.25, -0.2) is 9.78 Å². The summed E-state index contributed by atoms with van der Waals surface area (Å²) in [6.45, 7) is -0.418. The van der Waals surface area contributed by atoms with Crippen LogP contribution < -0.4 is 9.64 Å². The van der Waals surface area contributed by atoms with Crippen LogP contribution in [0.2, 0.25) is 0 Å². The van der Waals surface area contributed by atoms with Crippen molar-refractivity contribution in [3.05, 3.63) is 90.0 Å². The van der Waals surface area contributed by atoms with Crippen LogP contribution in [0.3, 0.4) is 0 Å². The molecule has 7 rings (SSSR count). The highest BCUT2D eigenvalue weighted by Crippen LogP contribution is 2.60. The van der Waals surface area contributed by atoms with Crippen molar-refractivity contribution in [2.24, 2.45) is 23.7 Å². The Hall–Kier alpha value is -3.89. The molecule has 0 radical (unpaired) electrons. The summed E-state index contributed by atoms with van der Waals surface area (Å²) < 4.78 is 10.6. The van der Waals surface area contributed by atoms with E-state index in [9.17, 15) is 19.2 Å². The number of esters is 1. The van der Waals surface area contributed by atoms with E-state index < -0.39 is 12.6 Å². The number of ketones is 1. The lowest BCUT2D eigenvalue weighted by Gasteiger charge is -2.28. The van der Waals surface area contributed by atoms with E-state index in [-0.39, 0.29) is 56.5 Å². The molecule has 2 amide bonds. The second-order valence-corrected chi connectivity index (χ2v) is 13.5. The molecule has 3 aromatic carbocycles. The summed E-state index contributed by atoms with van der Waals surface area (Å²) in [5.74, 6) is -0.941. The Bertz CT molecular complexity index is 1790. The summed E-state index contributed by atoms with van der Waals surface area (Å²) in [6.07, 6.45) is 0.874. The standard InChI is InChI=1S/C34H26Br2N2O6/c1-43-20-12-8-18(9-13-20)27(39)16-44-34(42)22-15-26(37-25-5-3-2-4-21(22)25)17-6-10-19(11-7-17)38-32(40)28-23-14-24(29(28)33(38)41)31(36)30(23)35/h2-13,15,23-24,28-31H,14,16H2,1H3. The molecule has 2 heterocycles. The molecule has 0 spiro atoms. The number of alkyl halides is 2. The average Bonchev–Trinajstić information content (AvgIpc) is 3.67. The number of anilines is 1. The molecule has 44 heavy (non-hydrogen) atoms. The molecule has 6 unspecified atom stereocenters. The molecule has 1 aliphatic heterocycles. The van der Waals surface area contributed by atoms with Gasteiger partial charge in [0.05, 0.1) is 41.4 Å². The van der Waals surface area contributed by atoms with Crippen molar-refractivity contribution in [3.63, 3.8) is 0 Å². The van der Waals surface area contributed by atoms with Crippen LogP contribution in [0.15, 0.2) is 78.9 Å². The van der Waals surface area contributed by atoms with E-state index in [1.807, 2.05) is 6.07 Å². The molecule has 10 heteroatoms. The molecule has 0 N–H and O–H groups in total. The van der Waals surface area contributed by atoms with Gasteiger partial charge in [0.1, 0.15) is 5.75 Å². The van der Waals surface area contributed by atoms with Crippen molar-refractivity contribution >= 4 is 72.0 Å². The maximum atomic E-state index is 13.5. The number of pyridine rings is 1. The van der Waals surface area contributed by atoms with Crippen LogP contribution >= 0.6 is 31.9 Å². The maximum Gasteiger partial charge on any atom is 0.339 e. The first-order chi connectivity index (χ1) is 21.3. The number of carbonyl (C=O) groups excluding carboxylic acids is 4. The highest BCUT2D eigenvalue weighted by molar-refractivity contribution is 9.12. The van der Waals surface area contributed by atoms with E-state index in [2.05, 4.69) is 31.9 Å². The quantitative estimate of drug-likeness (QED) is 0.0967. The monoisotopic (exact) mass is 716 g/mol. The van der Waals surface area contributed by atoms with Crippen molar-refractivity contribution in [1.82, 2.24) is 4.98 Å². The first-order valence-electron chi connectivity index (χ1n) is 14.3. The molecule has 3 aliphatic rings. The fraction of sp³-hybridized carbons (Fsp3) is 0.265. The predicted octanol–water partition coefficient (Wildman–Crippen LogP) is 6.23. The SMILES string of the molecule is COc1ccc(C(=O)COC(=O)c2cc(-c3ccc(N4C(=O)C5C6CC(C(Br)C6Br)C5C4=O)cc3)nc3ccccc23)cc1. The minimum absolute atomic E-state index is 0.137. The van der Waals surface area contributed by atoms with E-state index in [1.54, 1.807) is 79.9 Å². The Morgan fingerprint density at radius 2 is 1.52 bits per heavy atom. The molecule has 2 bridgehead atoms. The number of imide groups is 1. The van der Waals surface area contributed by atoms with E-state index in [0.29, 0.717) is 39.2 Å². The van der Waals surface area contributed by atoms with Crippen LogP contribution in [0, 0.1) is 23.7 Å². The second-order valence-electron chi connectivity index (χ2n) is 11.4. The largest absolute Gasteiger partial charge is 0.497 e. The smallest absolute Gasteiger partial charge is 0.339 e. The lowest BCUT2D eigenvalue weighted by Crippen LogP contribution is -2.37. The molecule has 1 aromatic heterocycles. The highest BCUT2D eigenvalue weighted by Gasteiger charge is 2.66. The van der Waals surface area contributed by atoms with Crippen LogP contribution in [-0.2, 0) is 14.3 Å². The van der Waals surface area contributed by atoms with Gasteiger partial charge in [-0.2, -0.15) is 0 Å². The van der Waals surface area contributed by atoms with E-state index in [0.717, 1.165) is 6.42 Å². The van der Waals surface area contributed by atoms with E-state index >= 15 is 0 Å². The van der Waals surface area contributed by atoms with Crippen molar-refractivity contribution in [2.75, 3.05) is 18.6 Å². The average molecular weight is 718 g/mol. The molecule has 2 saturated carbocycles. The van der Waals surface area contributed by atoms with Gasteiger partial charge < -0.3 is 9.47 Å². The number of hydrogen-bond acceptors (Lipinski definition) is 7. The van der Waals surface area contributed by atoms with Crippen LogP contribution in [0.4, 0.5) is 5.69 Å². The third-order valence-electron chi connectivity index (χ3n) is 9.09. The highest BCUT2D eigenvalue weighted by atomic mass is 79.9. The summed E-state index contributed by atoms with van der Waals surface area (Å²) in [4.78, 5) is 59.3. The van der Waals surface area contributed by atoms with Gasteiger partial charge in [0, 0.05) is 26.2 Å². The molecular formula is C34H26Br2N2O6. The zero-order valence-corrected chi connectivity index (χ0v) is 26.7. The number of benzene rings is 3. The second kappa shape index (κ2) is 11.2. The minimum atomic E-state index is -0.645. The first-order valence-corrected chi connectivity index (χ1v) is 16.1. The normalized spacial score (nSPS) is 25.4. The number of carbonyl (C=O) groups is 4. The van der Waals surface area contributed by atoms with Gasteiger partial charge in [0.2, 0.25) is 11.8 Å². The molecular weight excluding hydrogens is 692 g/mol. The van der Waals surface area contributed by atoms with Gasteiger partial charge in [-0.3, -0.25) is 19.3 Å². The number of amides is 2. The van der Waals surface area contributed by atoms with Crippen LogP contribution in [0.5, 0.6) is 5.75 Å². The lowest BCUT2D eigenvalue weighted by molar-refractivity contribution is -0.123. The van der Waals surface area contributed by atoms with Gasteiger partial charge in [-0.1, -0.05) is 62.2 Å². The number of rotatable bonds is 7. The summed E-state index contributed by atoms with van der Waals surface area (Å²) in [7, 11) is 1.54. The number of Topliss-reactive ketones (excluding diaryl/α,β-unsaturated/α-hetero) is 1. The summed E-state index contributed by atoms with van der Waals surface area (Å²) in [5.41, 5.74) is 3.00. The Kier molecular flexibility index (Phi) is 7.37.